The number of rotatable bonds is 3. The number of piperidine rings is 1. The number of carbonyl (C=O) groups excluding carboxylic acids is 1. The first kappa shape index (κ1) is 11.5. The van der Waals surface area contributed by atoms with Gasteiger partial charge in [-0.05, 0) is 31.8 Å². The highest BCUT2D eigenvalue weighted by atomic mass is 32.2. The van der Waals surface area contributed by atoms with E-state index in [1.54, 1.807) is 0 Å². The van der Waals surface area contributed by atoms with Crippen molar-refractivity contribution >= 4 is 15.7 Å². The van der Waals surface area contributed by atoms with Gasteiger partial charge in [0.25, 0.3) is 0 Å². The fraction of sp³-hybridized carbons (Fsp3) is 0.875. The van der Waals surface area contributed by atoms with Crippen molar-refractivity contribution in [3.8, 4) is 0 Å². The first-order valence-corrected chi connectivity index (χ1v) is 6.57. The SMILES string of the molecule is CS(=O)(=O)C(C(N)=O)C1CCNCC1. The number of hydrogen-bond donors (Lipinski definition) is 2. The quantitative estimate of drug-likeness (QED) is 0.631. The van der Waals surface area contributed by atoms with Gasteiger partial charge in [0.15, 0.2) is 9.84 Å². The standard InChI is InChI=1S/C8H16N2O3S/c1-14(12,13)7(8(9)11)6-2-4-10-5-3-6/h6-7,10H,2-5H2,1H3,(H2,9,11). The summed E-state index contributed by atoms with van der Waals surface area (Å²) in [5.74, 6) is -0.844. The molecule has 1 amide bonds. The van der Waals surface area contributed by atoms with E-state index in [0.717, 1.165) is 19.3 Å². The average molecular weight is 220 g/mol. The molecule has 1 aliphatic heterocycles. The van der Waals surface area contributed by atoms with Gasteiger partial charge in [-0.25, -0.2) is 8.42 Å². The molecule has 1 aliphatic rings. The molecular weight excluding hydrogens is 204 g/mol. The molecule has 6 heteroatoms. The van der Waals surface area contributed by atoms with E-state index in [0.29, 0.717) is 12.8 Å². The Morgan fingerprint density at radius 1 is 1.43 bits per heavy atom. The number of carbonyl (C=O) groups is 1. The molecule has 82 valence electrons. The number of hydrogen-bond acceptors (Lipinski definition) is 4. The Morgan fingerprint density at radius 2 is 1.93 bits per heavy atom. The zero-order valence-corrected chi connectivity index (χ0v) is 9.01. The molecule has 0 aromatic heterocycles. The summed E-state index contributed by atoms with van der Waals surface area (Å²) in [4.78, 5) is 11.1. The van der Waals surface area contributed by atoms with Crippen molar-refractivity contribution < 1.29 is 13.2 Å². The summed E-state index contributed by atoms with van der Waals surface area (Å²) in [6.07, 6.45) is 2.46. The van der Waals surface area contributed by atoms with Crippen LogP contribution in [0.25, 0.3) is 0 Å². The van der Waals surface area contributed by atoms with Crippen LogP contribution in [-0.2, 0) is 14.6 Å². The number of nitrogens with two attached hydrogens (primary N) is 1. The Balaban J connectivity index is 2.82. The Labute approximate surface area is 84.0 Å². The van der Waals surface area contributed by atoms with E-state index < -0.39 is 21.0 Å². The molecule has 0 bridgehead atoms. The van der Waals surface area contributed by atoms with E-state index in [2.05, 4.69) is 5.32 Å². The zero-order valence-electron chi connectivity index (χ0n) is 8.19. The van der Waals surface area contributed by atoms with Crippen molar-refractivity contribution in [2.24, 2.45) is 11.7 Å². The molecule has 1 heterocycles. The second-order valence-corrected chi connectivity index (χ2v) is 5.91. The second-order valence-electron chi connectivity index (χ2n) is 3.74. The third kappa shape index (κ3) is 2.68. The molecule has 1 atom stereocenters. The molecule has 1 rings (SSSR count). The van der Waals surface area contributed by atoms with Crippen LogP contribution in [0.3, 0.4) is 0 Å². The highest BCUT2D eigenvalue weighted by Crippen LogP contribution is 2.21. The molecule has 1 saturated heterocycles. The highest BCUT2D eigenvalue weighted by molar-refractivity contribution is 7.92. The molecule has 1 fully saturated rings. The van der Waals surface area contributed by atoms with Crippen LogP contribution in [0.15, 0.2) is 0 Å². The molecule has 0 spiro atoms. The van der Waals surface area contributed by atoms with Crippen molar-refractivity contribution in [1.29, 1.82) is 0 Å². The van der Waals surface area contributed by atoms with Gasteiger partial charge in [0.05, 0.1) is 0 Å². The lowest BCUT2D eigenvalue weighted by Crippen LogP contribution is -2.45. The fourth-order valence-corrected chi connectivity index (χ4v) is 3.33. The van der Waals surface area contributed by atoms with Crippen LogP contribution in [0.1, 0.15) is 12.8 Å². The number of primary amides is 1. The lowest BCUT2D eigenvalue weighted by molar-refractivity contribution is -0.118. The van der Waals surface area contributed by atoms with Crippen LogP contribution in [0, 0.1) is 5.92 Å². The molecule has 0 aromatic carbocycles. The first-order chi connectivity index (χ1) is 6.43. The Hall–Kier alpha value is -0.620. The van der Waals surface area contributed by atoms with Crippen LogP contribution in [0.5, 0.6) is 0 Å². The van der Waals surface area contributed by atoms with Crippen molar-refractivity contribution in [3.63, 3.8) is 0 Å². The van der Waals surface area contributed by atoms with E-state index in [9.17, 15) is 13.2 Å². The van der Waals surface area contributed by atoms with E-state index in [1.807, 2.05) is 0 Å². The summed E-state index contributed by atoms with van der Waals surface area (Å²) < 4.78 is 22.7. The zero-order chi connectivity index (χ0) is 10.8. The van der Waals surface area contributed by atoms with Crippen molar-refractivity contribution in [1.82, 2.24) is 5.32 Å². The maximum atomic E-state index is 11.4. The lowest BCUT2D eigenvalue weighted by atomic mass is 9.94. The summed E-state index contributed by atoms with van der Waals surface area (Å²) >= 11 is 0. The minimum atomic E-state index is -3.37. The van der Waals surface area contributed by atoms with E-state index in [-0.39, 0.29) is 5.92 Å². The van der Waals surface area contributed by atoms with Crippen LogP contribution >= 0.6 is 0 Å². The summed E-state index contributed by atoms with van der Waals surface area (Å²) in [7, 11) is -3.37. The van der Waals surface area contributed by atoms with Crippen LogP contribution in [0.4, 0.5) is 0 Å². The third-order valence-corrected chi connectivity index (χ3v) is 4.09. The van der Waals surface area contributed by atoms with Gasteiger partial charge in [0, 0.05) is 6.26 Å². The van der Waals surface area contributed by atoms with Gasteiger partial charge in [0.1, 0.15) is 5.25 Å². The van der Waals surface area contributed by atoms with E-state index in [1.165, 1.54) is 0 Å². The maximum absolute atomic E-state index is 11.4. The van der Waals surface area contributed by atoms with Gasteiger partial charge in [-0.3, -0.25) is 4.79 Å². The predicted molar refractivity (Wildman–Crippen MR) is 53.4 cm³/mol. The molecule has 0 aliphatic carbocycles. The van der Waals surface area contributed by atoms with Crippen molar-refractivity contribution in [3.05, 3.63) is 0 Å². The highest BCUT2D eigenvalue weighted by Gasteiger charge is 2.35. The monoisotopic (exact) mass is 220 g/mol. The minimum Gasteiger partial charge on any atom is -0.369 e. The minimum absolute atomic E-state index is 0.122. The molecule has 0 radical (unpaired) electrons. The number of amides is 1. The Kier molecular flexibility index (Phi) is 3.49. The maximum Gasteiger partial charge on any atom is 0.236 e. The smallest absolute Gasteiger partial charge is 0.236 e. The van der Waals surface area contributed by atoms with Gasteiger partial charge in [-0.2, -0.15) is 0 Å². The summed E-state index contributed by atoms with van der Waals surface area (Å²) in [5, 5.41) is 2.10. The Bertz CT molecular complexity index is 307. The topological polar surface area (TPSA) is 89.3 Å². The molecular formula is C8H16N2O3S. The predicted octanol–water partition coefficient (Wildman–Crippen LogP) is -1.12. The average Bonchev–Trinajstić information content (AvgIpc) is 2.02. The second kappa shape index (κ2) is 4.27. The van der Waals surface area contributed by atoms with Crippen molar-refractivity contribution in [2.75, 3.05) is 19.3 Å². The van der Waals surface area contributed by atoms with Gasteiger partial charge in [0.2, 0.25) is 5.91 Å². The normalized spacial score (nSPS) is 21.8. The molecule has 0 aromatic rings. The third-order valence-electron chi connectivity index (χ3n) is 2.55. The van der Waals surface area contributed by atoms with Crippen molar-refractivity contribution in [2.45, 2.75) is 18.1 Å². The summed E-state index contributed by atoms with van der Waals surface area (Å²) in [5.41, 5.74) is 5.12. The van der Waals surface area contributed by atoms with Gasteiger partial charge in [-0.15, -0.1) is 0 Å². The molecule has 5 nitrogen and oxygen atoms in total. The first-order valence-electron chi connectivity index (χ1n) is 4.62. The summed E-state index contributed by atoms with van der Waals surface area (Å²) in [6, 6.07) is 0. The lowest BCUT2D eigenvalue weighted by Gasteiger charge is -2.27. The van der Waals surface area contributed by atoms with E-state index >= 15 is 0 Å². The molecule has 3 N–H and O–H groups in total. The largest absolute Gasteiger partial charge is 0.369 e. The van der Waals surface area contributed by atoms with Gasteiger partial charge < -0.3 is 11.1 Å². The van der Waals surface area contributed by atoms with Crippen LogP contribution in [-0.4, -0.2) is 38.9 Å². The van der Waals surface area contributed by atoms with Crippen LogP contribution in [0.2, 0.25) is 0 Å². The molecule has 14 heavy (non-hydrogen) atoms. The summed E-state index contributed by atoms with van der Waals surface area (Å²) in [6.45, 7) is 1.51. The fourth-order valence-electron chi connectivity index (χ4n) is 1.94. The molecule has 1 unspecified atom stereocenters. The molecule has 0 saturated carbocycles. The van der Waals surface area contributed by atoms with E-state index in [4.69, 9.17) is 5.73 Å². The number of nitrogens with one attached hydrogen (secondary N) is 1. The number of sulfone groups is 1. The Morgan fingerprint density at radius 3 is 2.29 bits per heavy atom. The van der Waals surface area contributed by atoms with Gasteiger partial charge in [-0.1, -0.05) is 0 Å². The van der Waals surface area contributed by atoms with Crippen LogP contribution < -0.4 is 11.1 Å². The van der Waals surface area contributed by atoms with Gasteiger partial charge >= 0.3 is 0 Å².